The van der Waals surface area contributed by atoms with Crippen LogP contribution < -0.4 is 15.0 Å². The topological polar surface area (TPSA) is 27.7 Å². The van der Waals surface area contributed by atoms with Crippen LogP contribution in [0.1, 0.15) is 11.1 Å². The third kappa shape index (κ3) is 4.57. The quantitative estimate of drug-likeness (QED) is 0.594. The van der Waals surface area contributed by atoms with Crippen LogP contribution in [0.25, 0.3) is 0 Å². The number of nitrogens with zero attached hydrogens (tertiary/aromatic N) is 2. The molecule has 4 nitrogen and oxygen atoms in total. The maximum Gasteiger partial charge on any atom is 0.143 e. The summed E-state index contributed by atoms with van der Waals surface area (Å²) in [4.78, 5) is 4.58. The number of para-hydroxylation sites is 2. The second kappa shape index (κ2) is 9.18. The SMILES string of the molecule is CNc1cccc(CCN(C)CCN2c3ccc(F)cc3COc3ccccc32)c1. The van der Waals surface area contributed by atoms with Crippen LogP contribution in [-0.4, -0.2) is 38.6 Å². The fourth-order valence-corrected chi connectivity index (χ4v) is 3.85. The Kier molecular flexibility index (Phi) is 6.19. The number of anilines is 3. The molecule has 0 fully saturated rings. The molecule has 1 heterocycles. The number of nitrogens with one attached hydrogen (secondary N) is 1. The van der Waals surface area contributed by atoms with Gasteiger partial charge in [-0.25, -0.2) is 4.39 Å². The summed E-state index contributed by atoms with van der Waals surface area (Å²) in [7, 11) is 4.09. The summed E-state index contributed by atoms with van der Waals surface area (Å²) in [6, 6.07) is 21.5. The van der Waals surface area contributed by atoms with Crippen LogP contribution in [0, 0.1) is 5.82 Å². The lowest BCUT2D eigenvalue weighted by Gasteiger charge is -2.28. The molecule has 0 amide bonds. The van der Waals surface area contributed by atoms with Crippen LogP contribution in [0.5, 0.6) is 5.75 Å². The molecular weight excluding hydrogens is 377 g/mol. The Morgan fingerprint density at radius 1 is 1.00 bits per heavy atom. The Hall–Kier alpha value is -3.05. The highest BCUT2D eigenvalue weighted by molar-refractivity contribution is 5.72. The Labute approximate surface area is 177 Å². The van der Waals surface area contributed by atoms with Gasteiger partial charge in [0.05, 0.1) is 5.69 Å². The molecule has 4 rings (SSSR count). The highest BCUT2D eigenvalue weighted by Gasteiger charge is 2.22. The highest BCUT2D eigenvalue weighted by atomic mass is 19.1. The lowest BCUT2D eigenvalue weighted by Crippen LogP contribution is -2.32. The van der Waals surface area contributed by atoms with Crippen molar-refractivity contribution in [2.45, 2.75) is 13.0 Å². The van der Waals surface area contributed by atoms with E-state index in [0.29, 0.717) is 6.61 Å². The number of fused-ring (bicyclic) bond motifs is 2. The third-order valence-corrected chi connectivity index (χ3v) is 5.57. The molecule has 0 bridgehead atoms. The van der Waals surface area contributed by atoms with Crippen LogP contribution in [-0.2, 0) is 13.0 Å². The number of benzene rings is 3. The molecule has 1 aliphatic heterocycles. The van der Waals surface area contributed by atoms with Crippen molar-refractivity contribution in [3.63, 3.8) is 0 Å². The molecule has 0 aromatic heterocycles. The molecule has 0 radical (unpaired) electrons. The predicted octanol–water partition coefficient (Wildman–Crippen LogP) is 5.07. The van der Waals surface area contributed by atoms with Gasteiger partial charge >= 0.3 is 0 Å². The van der Waals surface area contributed by atoms with Crippen molar-refractivity contribution < 1.29 is 9.13 Å². The molecular formula is C25H28FN3O. The average Bonchev–Trinajstić information content (AvgIpc) is 2.93. The van der Waals surface area contributed by atoms with Gasteiger partial charge in [0.15, 0.2) is 0 Å². The van der Waals surface area contributed by atoms with E-state index in [0.717, 1.165) is 54.4 Å². The Morgan fingerprint density at radius 2 is 1.87 bits per heavy atom. The van der Waals surface area contributed by atoms with E-state index >= 15 is 0 Å². The van der Waals surface area contributed by atoms with E-state index in [1.165, 1.54) is 11.6 Å². The van der Waals surface area contributed by atoms with Gasteiger partial charge in [-0.05, 0) is 61.5 Å². The van der Waals surface area contributed by atoms with Crippen LogP contribution in [0.4, 0.5) is 21.5 Å². The molecule has 30 heavy (non-hydrogen) atoms. The molecule has 3 aromatic rings. The normalized spacial score (nSPS) is 12.7. The van der Waals surface area contributed by atoms with E-state index in [-0.39, 0.29) is 5.82 Å². The number of halogens is 1. The van der Waals surface area contributed by atoms with Crippen molar-refractivity contribution in [1.29, 1.82) is 0 Å². The van der Waals surface area contributed by atoms with Gasteiger partial charge in [0.1, 0.15) is 18.2 Å². The predicted molar refractivity (Wildman–Crippen MR) is 121 cm³/mol. The van der Waals surface area contributed by atoms with Crippen molar-refractivity contribution >= 4 is 17.1 Å². The standard InChI is InChI=1S/C25H28FN3O/c1-27-22-7-5-6-19(16-22)12-13-28(2)14-15-29-23-11-10-21(26)17-20(23)18-30-25-9-4-3-8-24(25)29/h3-11,16-17,27H,12-15,18H2,1-2H3. The third-order valence-electron chi connectivity index (χ3n) is 5.57. The number of rotatable bonds is 7. The van der Waals surface area contributed by atoms with Crippen LogP contribution in [0.2, 0.25) is 0 Å². The Morgan fingerprint density at radius 3 is 2.73 bits per heavy atom. The fourth-order valence-electron chi connectivity index (χ4n) is 3.85. The monoisotopic (exact) mass is 405 g/mol. The first kappa shape index (κ1) is 20.2. The molecule has 1 N–H and O–H groups in total. The second-order valence-corrected chi connectivity index (χ2v) is 7.68. The molecule has 156 valence electrons. The lowest BCUT2D eigenvalue weighted by atomic mass is 10.1. The van der Waals surface area contributed by atoms with Gasteiger partial charge in [-0.2, -0.15) is 0 Å². The molecule has 0 spiro atoms. The van der Waals surface area contributed by atoms with Gasteiger partial charge in [-0.3, -0.25) is 0 Å². The Bertz CT molecular complexity index is 1010. The summed E-state index contributed by atoms with van der Waals surface area (Å²) in [5.41, 5.74) is 5.37. The summed E-state index contributed by atoms with van der Waals surface area (Å²) in [5.74, 6) is 0.602. The zero-order chi connectivity index (χ0) is 20.9. The molecule has 0 atom stereocenters. The molecule has 1 aliphatic rings. The van der Waals surface area contributed by atoms with E-state index < -0.39 is 0 Å². The molecule has 5 heteroatoms. The number of hydrogen-bond acceptors (Lipinski definition) is 4. The minimum Gasteiger partial charge on any atom is -0.487 e. The number of ether oxygens (including phenoxy) is 1. The van der Waals surface area contributed by atoms with Gasteiger partial charge in [-0.1, -0.05) is 24.3 Å². The minimum absolute atomic E-state index is 0.232. The van der Waals surface area contributed by atoms with E-state index in [9.17, 15) is 4.39 Å². The molecule has 0 aliphatic carbocycles. The lowest BCUT2D eigenvalue weighted by molar-refractivity contribution is 0.310. The van der Waals surface area contributed by atoms with Gasteiger partial charge in [0.25, 0.3) is 0 Å². The van der Waals surface area contributed by atoms with E-state index in [2.05, 4.69) is 52.5 Å². The van der Waals surface area contributed by atoms with Gasteiger partial charge < -0.3 is 19.9 Å². The minimum atomic E-state index is -0.232. The molecule has 3 aromatic carbocycles. The molecule has 0 saturated heterocycles. The highest BCUT2D eigenvalue weighted by Crippen LogP contribution is 2.39. The van der Waals surface area contributed by atoms with Crippen molar-refractivity contribution in [2.24, 2.45) is 0 Å². The Balaban J connectivity index is 1.47. The summed E-state index contributed by atoms with van der Waals surface area (Å²) in [6.45, 7) is 3.02. The average molecular weight is 406 g/mol. The van der Waals surface area contributed by atoms with Gasteiger partial charge in [0.2, 0.25) is 0 Å². The van der Waals surface area contributed by atoms with Crippen molar-refractivity contribution in [3.05, 3.63) is 83.7 Å². The molecule has 0 unspecified atom stereocenters. The second-order valence-electron chi connectivity index (χ2n) is 7.68. The first-order valence-corrected chi connectivity index (χ1v) is 10.4. The number of likely N-dealkylation sites (N-methyl/N-ethyl adjacent to an activating group) is 1. The van der Waals surface area contributed by atoms with E-state index in [1.54, 1.807) is 6.07 Å². The zero-order valence-corrected chi connectivity index (χ0v) is 17.6. The van der Waals surface area contributed by atoms with Crippen LogP contribution in [0.15, 0.2) is 66.7 Å². The van der Waals surface area contributed by atoms with E-state index in [1.807, 2.05) is 31.3 Å². The number of hydrogen-bond donors (Lipinski definition) is 1. The van der Waals surface area contributed by atoms with Crippen LogP contribution in [0.3, 0.4) is 0 Å². The summed E-state index contributed by atoms with van der Waals surface area (Å²) >= 11 is 0. The smallest absolute Gasteiger partial charge is 0.143 e. The van der Waals surface area contributed by atoms with Gasteiger partial charge in [0, 0.05) is 43.6 Å². The van der Waals surface area contributed by atoms with E-state index in [4.69, 9.17) is 4.74 Å². The zero-order valence-electron chi connectivity index (χ0n) is 17.6. The van der Waals surface area contributed by atoms with Crippen LogP contribution >= 0.6 is 0 Å². The first-order valence-electron chi connectivity index (χ1n) is 10.4. The van der Waals surface area contributed by atoms with Crippen molar-refractivity contribution in [3.8, 4) is 5.75 Å². The van der Waals surface area contributed by atoms with Crippen molar-refractivity contribution in [2.75, 3.05) is 43.9 Å². The fraction of sp³-hybridized carbons (Fsp3) is 0.280. The summed E-state index contributed by atoms with van der Waals surface area (Å²) < 4.78 is 19.8. The van der Waals surface area contributed by atoms with Crippen molar-refractivity contribution in [1.82, 2.24) is 4.90 Å². The maximum atomic E-state index is 13.8. The summed E-state index contributed by atoms with van der Waals surface area (Å²) in [5, 5.41) is 3.19. The largest absolute Gasteiger partial charge is 0.487 e. The summed E-state index contributed by atoms with van der Waals surface area (Å²) in [6.07, 6.45) is 0.994. The van der Waals surface area contributed by atoms with Gasteiger partial charge in [-0.15, -0.1) is 0 Å². The first-order chi connectivity index (χ1) is 14.6. The maximum absolute atomic E-state index is 13.8. The molecule has 0 saturated carbocycles.